The quantitative estimate of drug-likeness (QED) is 0.863. The van der Waals surface area contributed by atoms with Gasteiger partial charge in [0.25, 0.3) is 0 Å². The number of hydrogen-bond acceptors (Lipinski definition) is 3. The molecule has 0 aliphatic carbocycles. The number of nitrogens with one attached hydrogen (secondary N) is 1. The fourth-order valence-corrected chi connectivity index (χ4v) is 2.19. The molecule has 0 bridgehead atoms. The van der Waals surface area contributed by atoms with Crippen molar-refractivity contribution in [3.05, 3.63) is 35.5 Å². The van der Waals surface area contributed by atoms with E-state index >= 15 is 0 Å². The molecule has 0 atom stereocenters. The van der Waals surface area contributed by atoms with Crippen LogP contribution in [0.2, 0.25) is 0 Å². The van der Waals surface area contributed by atoms with Crippen LogP contribution in [0.25, 0.3) is 0 Å². The maximum atomic E-state index is 6.11. The molecule has 0 spiro atoms. The SMILES string of the molecule is CCCn1nc(C)c(N)c1Nc1ccc(C(C)C)cc1. The van der Waals surface area contributed by atoms with Crippen LogP contribution in [0.5, 0.6) is 0 Å². The van der Waals surface area contributed by atoms with Gasteiger partial charge < -0.3 is 11.1 Å². The highest BCUT2D eigenvalue weighted by Crippen LogP contribution is 2.27. The summed E-state index contributed by atoms with van der Waals surface area (Å²) >= 11 is 0. The van der Waals surface area contributed by atoms with Crippen LogP contribution in [0.1, 0.15) is 44.4 Å². The summed E-state index contributed by atoms with van der Waals surface area (Å²) in [5.74, 6) is 1.43. The van der Waals surface area contributed by atoms with Crippen LogP contribution < -0.4 is 11.1 Å². The number of nitrogens with two attached hydrogens (primary N) is 1. The summed E-state index contributed by atoms with van der Waals surface area (Å²) in [4.78, 5) is 0. The van der Waals surface area contributed by atoms with E-state index in [2.05, 4.69) is 55.5 Å². The van der Waals surface area contributed by atoms with Gasteiger partial charge in [-0.2, -0.15) is 5.10 Å². The molecule has 0 aliphatic rings. The van der Waals surface area contributed by atoms with Crippen LogP contribution >= 0.6 is 0 Å². The van der Waals surface area contributed by atoms with E-state index in [1.165, 1.54) is 5.56 Å². The predicted octanol–water partition coefficient (Wildman–Crippen LogP) is 4.05. The molecule has 1 aromatic carbocycles. The Balaban J connectivity index is 2.25. The monoisotopic (exact) mass is 272 g/mol. The maximum absolute atomic E-state index is 6.11. The van der Waals surface area contributed by atoms with E-state index in [9.17, 15) is 0 Å². The topological polar surface area (TPSA) is 55.9 Å². The molecule has 2 aromatic rings. The Bertz CT molecular complexity index is 567. The lowest BCUT2D eigenvalue weighted by atomic mass is 10.0. The third-order valence-electron chi connectivity index (χ3n) is 3.45. The van der Waals surface area contributed by atoms with E-state index in [-0.39, 0.29) is 0 Å². The van der Waals surface area contributed by atoms with Gasteiger partial charge in [0.1, 0.15) is 0 Å². The zero-order chi connectivity index (χ0) is 14.7. The second-order valence-electron chi connectivity index (χ2n) is 5.47. The summed E-state index contributed by atoms with van der Waals surface area (Å²) in [6.45, 7) is 9.33. The lowest BCUT2D eigenvalue weighted by molar-refractivity contribution is 0.605. The van der Waals surface area contributed by atoms with Crippen molar-refractivity contribution in [1.29, 1.82) is 0 Å². The molecular formula is C16H24N4. The molecule has 0 aliphatic heterocycles. The van der Waals surface area contributed by atoms with Crippen molar-refractivity contribution in [2.24, 2.45) is 0 Å². The van der Waals surface area contributed by atoms with E-state index in [0.717, 1.165) is 35.9 Å². The third kappa shape index (κ3) is 2.95. The molecule has 3 N–H and O–H groups in total. The van der Waals surface area contributed by atoms with Crippen LogP contribution in [0.15, 0.2) is 24.3 Å². The van der Waals surface area contributed by atoms with Gasteiger partial charge in [0.05, 0.1) is 11.4 Å². The van der Waals surface area contributed by atoms with E-state index in [1.807, 2.05) is 11.6 Å². The van der Waals surface area contributed by atoms with Crippen molar-refractivity contribution in [3.63, 3.8) is 0 Å². The molecule has 1 aromatic heterocycles. The van der Waals surface area contributed by atoms with Gasteiger partial charge in [-0.1, -0.05) is 32.9 Å². The summed E-state index contributed by atoms with van der Waals surface area (Å²) in [6, 6.07) is 8.48. The molecule has 0 saturated heterocycles. The lowest BCUT2D eigenvalue weighted by Gasteiger charge is -2.11. The van der Waals surface area contributed by atoms with Crippen molar-refractivity contribution in [2.75, 3.05) is 11.1 Å². The molecule has 4 nitrogen and oxygen atoms in total. The van der Waals surface area contributed by atoms with Gasteiger partial charge in [-0.3, -0.25) is 0 Å². The average Bonchev–Trinajstić information content (AvgIpc) is 2.68. The maximum Gasteiger partial charge on any atom is 0.152 e. The van der Waals surface area contributed by atoms with Crippen molar-refractivity contribution in [3.8, 4) is 0 Å². The Kier molecular flexibility index (Phi) is 4.32. The van der Waals surface area contributed by atoms with Gasteiger partial charge in [0.2, 0.25) is 0 Å². The third-order valence-corrected chi connectivity index (χ3v) is 3.45. The Labute approximate surface area is 121 Å². The number of nitrogens with zero attached hydrogens (tertiary/aromatic N) is 2. The molecule has 4 heteroatoms. The minimum atomic E-state index is 0.544. The van der Waals surface area contributed by atoms with Gasteiger partial charge in [-0.15, -0.1) is 0 Å². The number of anilines is 3. The minimum absolute atomic E-state index is 0.544. The van der Waals surface area contributed by atoms with Crippen molar-refractivity contribution >= 4 is 17.2 Å². The van der Waals surface area contributed by atoms with Gasteiger partial charge in [-0.05, 0) is 37.0 Å². The second-order valence-corrected chi connectivity index (χ2v) is 5.47. The molecule has 0 unspecified atom stereocenters. The van der Waals surface area contributed by atoms with Gasteiger partial charge >= 0.3 is 0 Å². The fourth-order valence-electron chi connectivity index (χ4n) is 2.19. The highest BCUT2D eigenvalue weighted by molar-refractivity contribution is 5.71. The molecule has 0 amide bonds. The zero-order valence-corrected chi connectivity index (χ0v) is 12.8. The van der Waals surface area contributed by atoms with E-state index in [1.54, 1.807) is 0 Å². The molecule has 0 fully saturated rings. The smallest absolute Gasteiger partial charge is 0.152 e. The number of rotatable bonds is 5. The van der Waals surface area contributed by atoms with E-state index < -0.39 is 0 Å². The number of aryl methyl sites for hydroxylation is 2. The van der Waals surface area contributed by atoms with Crippen LogP contribution in [0, 0.1) is 6.92 Å². The first-order valence-electron chi connectivity index (χ1n) is 7.22. The summed E-state index contributed by atoms with van der Waals surface area (Å²) in [5, 5.41) is 7.86. The Hall–Kier alpha value is -1.97. The average molecular weight is 272 g/mol. The molecule has 108 valence electrons. The number of nitrogen functional groups attached to an aromatic ring is 1. The van der Waals surface area contributed by atoms with Crippen LogP contribution in [-0.4, -0.2) is 9.78 Å². The van der Waals surface area contributed by atoms with Gasteiger partial charge in [-0.25, -0.2) is 4.68 Å². The normalized spacial score (nSPS) is 11.1. The zero-order valence-electron chi connectivity index (χ0n) is 12.8. The fraction of sp³-hybridized carbons (Fsp3) is 0.438. The highest BCUT2D eigenvalue weighted by Gasteiger charge is 2.12. The summed E-state index contributed by atoms with van der Waals surface area (Å²) in [5.41, 5.74) is 10.1. The molecule has 0 saturated carbocycles. The summed E-state index contributed by atoms with van der Waals surface area (Å²) < 4.78 is 1.95. The Morgan fingerprint density at radius 1 is 1.25 bits per heavy atom. The standard InChI is InChI=1S/C16H24N4/c1-5-10-20-16(15(17)12(4)19-20)18-14-8-6-13(7-9-14)11(2)3/h6-9,11,18H,5,10,17H2,1-4H3. The molecule has 20 heavy (non-hydrogen) atoms. The number of benzene rings is 1. The molecule has 1 heterocycles. The molecule has 0 radical (unpaired) electrons. The largest absolute Gasteiger partial charge is 0.394 e. The second kappa shape index (κ2) is 5.99. The highest BCUT2D eigenvalue weighted by atomic mass is 15.3. The number of aromatic nitrogens is 2. The van der Waals surface area contributed by atoms with E-state index in [0.29, 0.717) is 5.92 Å². The minimum Gasteiger partial charge on any atom is -0.394 e. The Morgan fingerprint density at radius 2 is 1.90 bits per heavy atom. The summed E-state index contributed by atoms with van der Waals surface area (Å²) in [6.07, 6.45) is 1.03. The number of hydrogen-bond donors (Lipinski definition) is 2. The lowest BCUT2D eigenvalue weighted by Crippen LogP contribution is -2.05. The van der Waals surface area contributed by atoms with Crippen LogP contribution in [-0.2, 0) is 6.54 Å². The first kappa shape index (κ1) is 14.4. The van der Waals surface area contributed by atoms with Crippen molar-refractivity contribution in [2.45, 2.75) is 46.6 Å². The van der Waals surface area contributed by atoms with Crippen LogP contribution in [0.4, 0.5) is 17.2 Å². The predicted molar refractivity (Wildman–Crippen MR) is 85.5 cm³/mol. The molecular weight excluding hydrogens is 248 g/mol. The van der Waals surface area contributed by atoms with Gasteiger partial charge in [0.15, 0.2) is 5.82 Å². The first-order chi connectivity index (χ1) is 9.52. The summed E-state index contributed by atoms with van der Waals surface area (Å²) in [7, 11) is 0. The Morgan fingerprint density at radius 3 is 2.45 bits per heavy atom. The van der Waals surface area contributed by atoms with Crippen LogP contribution in [0.3, 0.4) is 0 Å². The van der Waals surface area contributed by atoms with Gasteiger partial charge in [0, 0.05) is 12.2 Å². The van der Waals surface area contributed by atoms with Crippen molar-refractivity contribution in [1.82, 2.24) is 9.78 Å². The van der Waals surface area contributed by atoms with Crippen molar-refractivity contribution < 1.29 is 0 Å². The molecule has 2 rings (SSSR count). The van der Waals surface area contributed by atoms with E-state index in [4.69, 9.17) is 5.73 Å². The first-order valence-corrected chi connectivity index (χ1v) is 7.22.